The van der Waals surface area contributed by atoms with Crippen molar-refractivity contribution in [2.45, 2.75) is 90.9 Å². The van der Waals surface area contributed by atoms with Gasteiger partial charge in [0.15, 0.2) is 6.19 Å². The van der Waals surface area contributed by atoms with Gasteiger partial charge in [-0.1, -0.05) is 78.1 Å². The van der Waals surface area contributed by atoms with Gasteiger partial charge in [-0.15, -0.1) is 0 Å². The van der Waals surface area contributed by atoms with Crippen molar-refractivity contribution in [3.05, 3.63) is 0 Å². The molecule has 0 aliphatic carbocycles. The van der Waals surface area contributed by atoms with Crippen molar-refractivity contribution >= 4 is 0 Å². The van der Waals surface area contributed by atoms with Crippen LogP contribution in [0, 0.1) is 11.5 Å². The Labute approximate surface area is 121 Å². The molecule has 0 aliphatic heterocycles. The van der Waals surface area contributed by atoms with E-state index in [-0.39, 0.29) is 0 Å². The van der Waals surface area contributed by atoms with Gasteiger partial charge in [-0.3, -0.25) is 0 Å². The zero-order valence-electron chi connectivity index (χ0n) is 13.3. The van der Waals surface area contributed by atoms with Crippen molar-refractivity contribution < 1.29 is 0 Å². The Bertz CT molecular complexity index is 192. The number of hydrogen-bond donors (Lipinski definition) is 0. The first-order valence-corrected chi connectivity index (χ1v) is 8.49. The predicted molar refractivity (Wildman–Crippen MR) is 83.9 cm³/mol. The number of nitriles is 1. The average Bonchev–Trinajstić information content (AvgIpc) is 2.44. The van der Waals surface area contributed by atoms with E-state index >= 15 is 0 Å². The molecule has 0 aliphatic rings. The van der Waals surface area contributed by atoms with Gasteiger partial charge in [-0.25, -0.2) is 0 Å². The third kappa shape index (κ3) is 13.5. The van der Waals surface area contributed by atoms with Gasteiger partial charge in [-0.05, 0) is 12.8 Å². The van der Waals surface area contributed by atoms with E-state index in [0.29, 0.717) is 0 Å². The zero-order chi connectivity index (χ0) is 14.2. The maximum absolute atomic E-state index is 9.08. The lowest BCUT2D eigenvalue weighted by atomic mass is 10.1. The number of unbranched alkanes of at least 4 members (excludes halogenated alkanes) is 10. The number of nitrogens with zero attached hydrogens (tertiary/aromatic N) is 2. The second kappa shape index (κ2) is 15.3. The highest BCUT2D eigenvalue weighted by Crippen LogP contribution is 2.08. The predicted octanol–water partition coefficient (Wildman–Crippen LogP) is 5.49. The first-order valence-electron chi connectivity index (χ1n) is 8.49. The second-order valence-electron chi connectivity index (χ2n) is 5.62. The van der Waals surface area contributed by atoms with Crippen LogP contribution in [0.4, 0.5) is 0 Å². The van der Waals surface area contributed by atoms with Crippen LogP contribution < -0.4 is 0 Å². The van der Waals surface area contributed by atoms with E-state index in [1.165, 1.54) is 77.0 Å². The quantitative estimate of drug-likeness (QED) is 0.236. The Kier molecular flexibility index (Phi) is 14.8. The van der Waals surface area contributed by atoms with Gasteiger partial charge in [0.2, 0.25) is 0 Å². The van der Waals surface area contributed by atoms with Crippen LogP contribution in [0.25, 0.3) is 0 Å². The van der Waals surface area contributed by atoms with Crippen molar-refractivity contribution in [1.29, 1.82) is 5.26 Å². The molecular formula is C17H34N2. The van der Waals surface area contributed by atoms with Gasteiger partial charge in [0, 0.05) is 13.1 Å². The van der Waals surface area contributed by atoms with Crippen molar-refractivity contribution in [1.82, 2.24) is 4.90 Å². The minimum absolute atomic E-state index is 0.970. The molecule has 0 aromatic rings. The van der Waals surface area contributed by atoms with Crippen LogP contribution in [0.2, 0.25) is 0 Å². The van der Waals surface area contributed by atoms with Gasteiger partial charge in [0.05, 0.1) is 0 Å². The summed E-state index contributed by atoms with van der Waals surface area (Å²) in [4.78, 5) is 1.96. The summed E-state index contributed by atoms with van der Waals surface area (Å²) < 4.78 is 0. The summed E-state index contributed by atoms with van der Waals surface area (Å²) in [5.74, 6) is 0. The average molecular weight is 266 g/mol. The summed E-state index contributed by atoms with van der Waals surface area (Å²) >= 11 is 0. The summed E-state index contributed by atoms with van der Waals surface area (Å²) in [5.41, 5.74) is 0. The summed E-state index contributed by atoms with van der Waals surface area (Å²) in [6.45, 7) is 6.44. The lowest BCUT2D eigenvalue weighted by Crippen LogP contribution is -2.20. The molecule has 2 heteroatoms. The van der Waals surface area contributed by atoms with Gasteiger partial charge < -0.3 is 4.90 Å². The molecule has 2 nitrogen and oxygen atoms in total. The topological polar surface area (TPSA) is 27.0 Å². The van der Waals surface area contributed by atoms with Crippen LogP contribution in [-0.2, 0) is 0 Å². The van der Waals surface area contributed by atoms with E-state index in [1.54, 1.807) is 0 Å². The molecule has 0 fully saturated rings. The molecule has 0 rings (SSSR count). The first-order chi connectivity index (χ1) is 9.35. The molecule has 0 unspecified atom stereocenters. The third-order valence-electron chi connectivity index (χ3n) is 3.70. The van der Waals surface area contributed by atoms with Crippen LogP contribution in [0.3, 0.4) is 0 Å². The summed E-state index contributed by atoms with van der Waals surface area (Å²) in [6.07, 6.45) is 18.0. The molecule has 112 valence electrons. The van der Waals surface area contributed by atoms with E-state index in [1.807, 2.05) is 4.90 Å². The second-order valence-corrected chi connectivity index (χ2v) is 5.62. The van der Waals surface area contributed by atoms with E-state index in [0.717, 1.165) is 13.1 Å². The third-order valence-corrected chi connectivity index (χ3v) is 3.70. The van der Waals surface area contributed by atoms with Crippen LogP contribution >= 0.6 is 0 Å². The Balaban J connectivity index is 3.33. The molecule has 19 heavy (non-hydrogen) atoms. The van der Waals surface area contributed by atoms with Crippen LogP contribution in [-0.4, -0.2) is 18.0 Å². The molecule has 0 bridgehead atoms. The molecular weight excluding hydrogens is 232 g/mol. The lowest BCUT2D eigenvalue weighted by molar-refractivity contribution is 0.363. The SMILES string of the molecule is CCCCCCCCN(C#N)CCCCCCCC. The standard InChI is InChI=1S/C17H34N2/c1-3-5-7-9-11-13-15-19(17-18)16-14-12-10-8-6-4-2/h3-16H2,1-2H3. The summed E-state index contributed by atoms with van der Waals surface area (Å²) in [6, 6.07) is 0. The fourth-order valence-electron chi connectivity index (χ4n) is 2.38. The van der Waals surface area contributed by atoms with Gasteiger partial charge >= 0.3 is 0 Å². The minimum Gasteiger partial charge on any atom is -0.311 e. The maximum atomic E-state index is 9.08. The summed E-state index contributed by atoms with van der Waals surface area (Å²) in [7, 11) is 0. The first kappa shape index (κ1) is 18.3. The van der Waals surface area contributed by atoms with Crippen molar-refractivity contribution in [2.75, 3.05) is 13.1 Å². The largest absolute Gasteiger partial charge is 0.311 e. The Morgan fingerprint density at radius 2 is 1.00 bits per heavy atom. The van der Waals surface area contributed by atoms with Crippen LogP contribution in [0.1, 0.15) is 90.9 Å². The molecule has 0 aromatic carbocycles. The van der Waals surface area contributed by atoms with Crippen molar-refractivity contribution in [2.24, 2.45) is 0 Å². The molecule has 0 radical (unpaired) electrons. The Morgan fingerprint density at radius 3 is 1.37 bits per heavy atom. The highest BCUT2D eigenvalue weighted by atomic mass is 15.1. The van der Waals surface area contributed by atoms with Crippen LogP contribution in [0.5, 0.6) is 0 Å². The molecule has 0 saturated heterocycles. The highest BCUT2D eigenvalue weighted by Gasteiger charge is 2.01. The molecule has 0 spiro atoms. The Morgan fingerprint density at radius 1 is 0.632 bits per heavy atom. The zero-order valence-corrected chi connectivity index (χ0v) is 13.3. The fourth-order valence-corrected chi connectivity index (χ4v) is 2.38. The normalized spacial score (nSPS) is 10.4. The minimum atomic E-state index is 0.970. The monoisotopic (exact) mass is 266 g/mol. The lowest BCUT2D eigenvalue weighted by Gasteiger charge is -2.15. The molecule has 0 atom stereocenters. The van der Waals surface area contributed by atoms with Crippen LogP contribution in [0.15, 0.2) is 0 Å². The van der Waals surface area contributed by atoms with Crippen molar-refractivity contribution in [3.63, 3.8) is 0 Å². The van der Waals surface area contributed by atoms with Gasteiger partial charge in [-0.2, -0.15) is 5.26 Å². The summed E-state index contributed by atoms with van der Waals surface area (Å²) in [5, 5.41) is 9.08. The molecule has 0 N–H and O–H groups in total. The molecule has 0 saturated carbocycles. The number of rotatable bonds is 14. The van der Waals surface area contributed by atoms with E-state index < -0.39 is 0 Å². The Hall–Kier alpha value is -0.710. The highest BCUT2D eigenvalue weighted by molar-refractivity contribution is 4.73. The molecule has 0 heterocycles. The molecule has 0 amide bonds. The maximum Gasteiger partial charge on any atom is 0.179 e. The molecule has 0 aromatic heterocycles. The fraction of sp³-hybridized carbons (Fsp3) is 0.941. The number of hydrogen-bond acceptors (Lipinski definition) is 2. The van der Waals surface area contributed by atoms with Crippen molar-refractivity contribution in [3.8, 4) is 6.19 Å². The van der Waals surface area contributed by atoms with E-state index in [4.69, 9.17) is 5.26 Å². The van der Waals surface area contributed by atoms with E-state index in [9.17, 15) is 0 Å². The van der Waals surface area contributed by atoms with E-state index in [2.05, 4.69) is 20.0 Å². The van der Waals surface area contributed by atoms with Gasteiger partial charge in [0.1, 0.15) is 0 Å². The van der Waals surface area contributed by atoms with Gasteiger partial charge in [0.25, 0.3) is 0 Å². The smallest absolute Gasteiger partial charge is 0.179 e.